The van der Waals surface area contributed by atoms with Crippen LogP contribution in [0.4, 0.5) is 0 Å². The summed E-state index contributed by atoms with van der Waals surface area (Å²) in [7, 11) is 0. The Bertz CT molecular complexity index is 278. The van der Waals surface area contributed by atoms with E-state index in [2.05, 4.69) is 4.99 Å². The molecule has 11 heavy (non-hydrogen) atoms. The first-order valence-electron chi connectivity index (χ1n) is 3.11. The highest BCUT2D eigenvalue weighted by molar-refractivity contribution is 7.16. The van der Waals surface area contributed by atoms with E-state index in [1.165, 1.54) is 17.4 Å². The number of halogens is 1. The molecular formula is C7H6ClNOS. The van der Waals surface area contributed by atoms with Crippen molar-refractivity contribution in [3.63, 3.8) is 0 Å². The Morgan fingerprint density at radius 3 is 3.00 bits per heavy atom. The minimum atomic E-state index is 0.500. The molecule has 0 aliphatic rings. The number of hydrogen-bond donors (Lipinski definition) is 0. The van der Waals surface area contributed by atoms with Gasteiger partial charge < -0.3 is 0 Å². The molecule has 0 spiro atoms. The number of aliphatic imine (C=N–C) groups is 1. The summed E-state index contributed by atoms with van der Waals surface area (Å²) in [5.74, 6) is 0. The zero-order valence-electron chi connectivity index (χ0n) is 5.71. The predicted octanol–water partition coefficient (Wildman–Crippen LogP) is 2.28. The van der Waals surface area contributed by atoms with Gasteiger partial charge in [0.25, 0.3) is 0 Å². The minimum absolute atomic E-state index is 0.500. The van der Waals surface area contributed by atoms with E-state index in [-0.39, 0.29) is 0 Å². The number of isocyanates is 1. The molecule has 0 amide bonds. The van der Waals surface area contributed by atoms with Crippen LogP contribution >= 0.6 is 22.9 Å². The van der Waals surface area contributed by atoms with Gasteiger partial charge in [-0.1, -0.05) is 11.6 Å². The topological polar surface area (TPSA) is 29.4 Å². The average molecular weight is 188 g/mol. The van der Waals surface area contributed by atoms with Gasteiger partial charge in [0.05, 0.1) is 10.9 Å². The Hall–Kier alpha value is -0.630. The number of nitrogens with zero attached hydrogens (tertiary/aromatic N) is 1. The van der Waals surface area contributed by atoms with E-state index in [1.54, 1.807) is 0 Å². The first-order chi connectivity index (χ1) is 5.33. The van der Waals surface area contributed by atoms with Crippen LogP contribution < -0.4 is 0 Å². The lowest BCUT2D eigenvalue weighted by Crippen LogP contribution is -1.83. The van der Waals surface area contributed by atoms with E-state index in [0.717, 1.165) is 15.6 Å². The molecule has 0 bridgehead atoms. The normalized spacial score (nSPS) is 9.18. The van der Waals surface area contributed by atoms with Crippen molar-refractivity contribution >= 4 is 29.0 Å². The molecule has 58 valence electrons. The van der Waals surface area contributed by atoms with E-state index in [9.17, 15) is 4.79 Å². The fraction of sp³-hybridized carbons (Fsp3) is 0.286. The molecule has 0 radical (unpaired) electrons. The maximum atomic E-state index is 9.69. The van der Waals surface area contributed by atoms with Crippen molar-refractivity contribution in [1.29, 1.82) is 0 Å². The molecule has 2 nitrogen and oxygen atoms in total. The van der Waals surface area contributed by atoms with Crippen molar-refractivity contribution in [2.24, 2.45) is 4.99 Å². The smallest absolute Gasteiger partial charge is 0.211 e. The molecule has 0 atom stereocenters. The van der Waals surface area contributed by atoms with Crippen molar-refractivity contribution < 1.29 is 4.79 Å². The lowest BCUT2D eigenvalue weighted by molar-refractivity contribution is 0.563. The molecule has 0 aromatic carbocycles. The van der Waals surface area contributed by atoms with E-state index in [4.69, 9.17) is 11.6 Å². The first kappa shape index (κ1) is 8.47. The van der Waals surface area contributed by atoms with Crippen LogP contribution in [0.1, 0.15) is 4.88 Å². The summed E-state index contributed by atoms with van der Waals surface area (Å²) in [6, 6.07) is 3.78. The second kappa shape index (κ2) is 4.29. The Morgan fingerprint density at radius 2 is 2.45 bits per heavy atom. The summed E-state index contributed by atoms with van der Waals surface area (Å²) < 4.78 is 0.773. The summed E-state index contributed by atoms with van der Waals surface area (Å²) in [5, 5.41) is 0. The summed E-state index contributed by atoms with van der Waals surface area (Å²) in [6.07, 6.45) is 2.26. The summed E-state index contributed by atoms with van der Waals surface area (Å²) in [6.45, 7) is 0.500. The standard InChI is InChI=1S/C7H6ClNOS/c8-7-2-1-6(11-7)3-4-9-5-10/h1-2H,3-4H2. The molecule has 0 saturated heterocycles. The van der Waals surface area contributed by atoms with Crippen molar-refractivity contribution in [3.05, 3.63) is 21.3 Å². The van der Waals surface area contributed by atoms with Crippen LogP contribution in [0.15, 0.2) is 17.1 Å². The molecule has 0 unspecified atom stereocenters. The van der Waals surface area contributed by atoms with Crippen LogP contribution in [0.25, 0.3) is 0 Å². The zero-order valence-corrected chi connectivity index (χ0v) is 7.28. The molecule has 0 aliphatic carbocycles. The largest absolute Gasteiger partial charge is 0.234 e. The van der Waals surface area contributed by atoms with E-state index in [1.807, 2.05) is 12.1 Å². The van der Waals surface area contributed by atoms with Gasteiger partial charge in [-0.2, -0.15) is 0 Å². The van der Waals surface area contributed by atoms with Gasteiger partial charge in [-0.05, 0) is 12.1 Å². The summed E-state index contributed by atoms with van der Waals surface area (Å²) in [5.41, 5.74) is 0. The average Bonchev–Trinajstić information content (AvgIpc) is 2.37. The Balaban J connectivity index is 2.44. The fourth-order valence-electron chi connectivity index (χ4n) is 0.698. The molecule has 4 heteroatoms. The van der Waals surface area contributed by atoms with E-state index in [0.29, 0.717) is 6.54 Å². The SMILES string of the molecule is O=C=NCCc1ccc(Cl)s1. The van der Waals surface area contributed by atoms with Crippen molar-refractivity contribution in [3.8, 4) is 0 Å². The molecule has 1 aromatic rings. The van der Waals surface area contributed by atoms with Gasteiger partial charge in [0.1, 0.15) is 0 Å². The maximum Gasteiger partial charge on any atom is 0.234 e. The Labute approximate surface area is 73.5 Å². The minimum Gasteiger partial charge on any atom is -0.211 e. The van der Waals surface area contributed by atoms with Gasteiger partial charge in [0, 0.05) is 11.3 Å². The first-order valence-corrected chi connectivity index (χ1v) is 4.30. The molecule has 0 N–H and O–H groups in total. The molecule has 0 fully saturated rings. The second-order valence-corrected chi connectivity index (χ2v) is 3.73. The van der Waals surface area contributed by atoms with Crippen LogP contribution in [-0.4, -0.2) is 12.6 Å². The highest BCUT2D eigenvalue weighted by Gasteiger charge is 1.95. The molecular weight excluding hydrogens is 182 g/mol. The molecule has 1 aromatic heterocycles. The van der Waals surface area contributed by atoms with Gasteiger partial charge in [0.2, 0.25) is 6.08 Å². The van der Waals surface area contributed by atoms with Crippen LogP contribution in [0.2, 0.25) is 4.34 Å². The number of hydrogen-bond acceptors (Lipinski definition) is 3. The maximum absolute atomic E-state index is 9.69. The highest BCUT2D eigenvalue weighted by Crippen LogP contribution is 2.21. The van der Waals surface area contributed by atoms with Crippen LogP contribution in [0.5, 0.6) is 0 Å². The van der Waals surface area contributed by atoms with E-state index < -0.39 is 0 Å². The van der Waals surface area contributed by atoms with Crippen molar-refractivity contribution in [2.75, 3.05) is 6.54 Å². The van der Waals surface area contributed by atoms with Gasteiger partial charge in [-0.25, -0.2) is 9.79 Å². The van der Waals surface area contributed by atoms with Gasteiger partial charge in [-0.15, -0.1) is 11.3 Å². The quantitative estimate of drug-likeness (QED) is 0.527. The van der Waals surface area contributed by atoms with Crippen LogP contribution in [-0.2, 0) is 11.2 Å². The zero-order chi connectivity index (χ0) is 8.10. The lowest BCUT2D eigenvalue weighted by atomic mass is 10.3. The fourth-order valence-corrected chi connectivity index (χ4v) is 1.77. The molecule has 0 saturated carbocycles. The third-order valence-electron chi connectivity index (χ3n) is 1.16. The number of thiophene rings is 1. The number of rotatable bonds is 3. The van der Waals surface area contributed by atoms with Crippen LogP contribution in [0.3, 0.4) is 0 Å². The lowest BCUT2D eigenvalue weighted by Gasteiger charge is -1.86. The monoisotopic (exact) mass is 187 g/mol. The van der Waals surface area contributed by atoms with E-state index >= 15 is 0 Å². The van der Waals surface area contributed by atoms with Gasteiger partial charge >= 0.3 is 0 Å². The molecule has 0 aliphatic heterocycles. The number of carbonyl (C=O) groups excluding carboxylic acids is 1. The summed E-state index contributed by atoms with van der Waals surface area (Å²) in [4.78, 5) is 14.3. The van der Waals surface area contributed by atoms with Crippen molar-refractivity contribution in [2.45, 2.75) is 6.42 Å². The third kappa shape index (κ3) is 2.85. The van der Waals surface area contributed by atoms with Gasteiger partial charge in [-0.3, -0.25) is 0 Å². The van der Waals surface area contributed by atoms with Gasteiger partial charge in [0.15, 0.2) is 0 Å². The third-order valence-corrected chi connectivity index (χ3v) is 2.45. The predicted molar refractivity (Wildman–Crippen MR) is 46.0 cm³/mol. The summed E-state index contributed by atoms with van der Waals surface area (Å²) >= 11 is 7.20. The molecule has 1 rings (SSSR count). The highest BCUT2D eigenvalue weighted by atomic mass is 35.5. The molecule has 1 heterocycles. The van der Waals surface area contributed by atoms with Crippen LogP contribution in [0, 0.1) is 0 Å². The Morgan fingerprint density at radius 1 is 1.64 bits per heavy atom. The van der Waals surface area contributed by atoms with Crippen molar-refractivity contribution in [1.82, 2.24) is 0 Å². The Kier molecular flexibility index (Phi) is 3.30. The second-order valence-electron chi connectivity index (χ2n) is 1.93.